The van der Waals surface area contributed by atoms with Gasteiger partial charge in [-0.15, -0.1) is 10.2 Å². The Hall–Kier alpha value is -1.82. The van der Waals surface area contributed by atoms with E-state index in [1.54, 1.807) is 0 Å². The molecule has 0 saturated carbocycles. The van der Waals surface area contributed by atoms with E-state index in [2.05, 4.69) is 10.2 Å². The number of hydrogen-bond acceptors (Lipinski definition) is 4. The second-order valence-corrected chi connectivity index (χ2v) is 3.93. The van der Waals surface area contributed by atoms with Crippen LogP contribution in [0.5, 0.6) is 0 Å². The van der Waals surface area contributed by atoms with Gasteiger partial charge in [-0.1, -0.05) is 13.0 Å². The van der Waals surface area contributed by atoms with Crippen LogP contribution in [0.15, 0.2) is 22.6 Å². The standard InChI is InChI=1S/C12H13F2N3O/c1-2-11-16-17-12(18-11)10(15)5-7-3-4-8(13)6-9(7)14/h3-4,6,10H,2,5,15H2,1H3. The molecule has 6 heteroatoms. The van der Waals surface area contributed by atoms with Crippen molar-refractivity contribution in [2.45, 2.75) is 25.8 Å². The van der Waals surface area contributed by atoms with Crippen LogP contribution < -0.4 is 5.73 Å². The summed E-state index contributed by atoms with van der Waals surface area (Å²) in [6, 6.07) is 2.78. The maximum Gasteiger partial charge on any atom is 0.233 e. The molecular weight excluding hydrogens is 240 g/mol. The summed E-state index contributed by atoms with van der Waals surface area (Å²) in [5.41, 5.74) is 6.16. The molecule has 4 nitrogen and oxygen atoms in total. The molecule has 0 bridgehead atoms. The van der Waals surface area contributed by atoms with Crippen LogP contribution in [0, 0.1) is 11.6 Å². The SMILES string of the molecule is CCc1nnc(C(N)Cc2ccc(F)cc2F)o1. The molecule has 0 amide bonds. The molecule has 2 N–H and O–H groups in total. The lowest BCUT2D eigenvalue weighted by Crippen LogP contribution is -2.14. The summed E-state index contributed by atoms with van der Waals surface area (Å²) in [5, 5.41) is 7.58. The largest absolute Gasteiger partial charge is 0.424 e. The lowest BCUT2D eigenvalue weighted by molar-refractivity contribution is 0.417. The fraction of sp³-hybridized carbons (Fsp3) is 0.333. The molecule has 2 aromatic rings. The molecule has 0 aliphatic rings. The van der Waals surface area contributed by atoms with Gasteiger partial charge in [0.05, 0.1) is 6.04 Å². The van der Waals surface area contributed by atoms with Crippen LogP contribution in [0.2, 0.25) is 0 Å². The van der Waals surface area contributed by atoms with Crippen molar-refractivity contribution in [1.29, 1.82) is 0 Å². The zero-order chi connectivity index (χ0) is 13.1. The number of nitrogens with zero attached hydrogens (tertiary/aromatic N) is 2. The zero-order valence-electron chi connectivity index (χ0n) is 9.86. The van der Waals surface area contributed by atoms with Gasteiger partial charge in [-0.2, -0.15) is 0 Å². The molecular formula is C12H13F2N3O. The number of halogens is 2. The molecule has 0 spiro atoms. The topological polar surface area (TPSA) is 64.9 Å². The number of hydrogen-bond donors (Lipinski definition) is 1. The second-order valence-electron chi connectivity index (χ2n) is 3.93. The van der Waals surface area contributed by atoms with Crippen LogP contribution in [0.3, 0.4) is 0 Å². The van der Waals surface area contributed by atoms with E-state index in [0.717, 1.165) is 6.07 Å². The van der Waals surface area contributed by atoms with Gasteiger partial charge in [-0.05, 0) is 18.1 Å². The van der Waals surface area contributed by atoms with Crippen molar-refractivity contribution in [2.24, 2.45) is 5.73 Å². The summed E-state index contributed by atoms with van der Waals surface area (Å²) >= 11 is 0. The van der Waals surface area contributed by atoms with E-state index >= 15 is 0 Å². The summed E-state index contributed by atoms with van der Waals surface area (Å²) in [7, 11) is 0. The van der Waals surface area contributed by atoms with Gasteiger partial charge < -0.3 is 10.2 Å². The third-order valence-corrected chi connectivity index (χ3v) is 2.56. The summed E-state index contributed by atoms with van der Waals surface area (Å²) in [5.74, 6) is -0.493. The number of aromatic nitrogens is 2. The number of aryl methyl sites for hydroxylation is 1. The Morgan fingerprint density at radius 1 is 1.33 bits per heavy atom. The number of rotatable bonds is 4. The molecule has 2 rings (SSSR count). The van der Waals surface area contributed by atoms with Gasteiger partial charge >= 0.3 is 0 Å². The average Bonchev–Trinajstić information content (AvgIpc) is 2.81. The van der Waals surface area contributed by atoms with E-state index in [4.69, 9.17) is 10.2 Å². The molecule has 1 heterocycles. The van der Waals surface area contributed by atoms with Gasteiger partial charge in [-0.3, -0.25) is 0 Å². The smallest absolute Gasteiger partial charge is 0.233 e. The lowest BCUT2D eigenvalue weighted by Gasteiger charge is -2.07. The fourth-order valence-corrected chi connectivity index (χ4v) is 1.57. The molecule has 0 aliphatic heterocycles. The summed E-state index contributed by atoms with van der Waals surface area (Å²) in [4.78, 5) is 0. The van der Waals surface area contributed by atoms with E-state index in [1.807, 2.05) is 6.92 Å². The van der Waals surface area contributed by atoms with Gasteiger partial charge in [0.25, 0.3) is 0 Å². The molecule has 0 aliphatic carbocycles. The second kappa shape index (κ2) is 5.22. The van der Waals surface area contributed by atoms with Gasteiger partial charge in [0, 0.05) is 12.5 Å². The highest BCUT2D eigenvalue weighted by molar-refractivity contribution is 5.20. The molecule has 1 aromatic carbocycles. The van der Waals surface area contributed by atoms with E-state index in [-0.39, 0.29) is 12.3 Å². The zero-order valence-corrected chi connectivity index (χ0v) is 9.86. The van der Waals surface area contributed by atoms with Crippen LogP contribution in [0.4, 0.5) is 8.78 Å². The van der Waals surface area contributed by atoms with Crippen molar-refractivity contribution in [3.63, 3.8) is 0 Å². The summed E-state index contributed by atoms with van der Waals surface area (Å²) in [6.45, 7) is 1.88. The van der Waals surface area contributed by atoms with Gasteiger partial charge in [0.1, 0.15) is 11.6 Å². The predicted octanol–water partition coefficient (Wildman–Crippen LogP) is 2.15. The van der Waals surface area contributed by atoms with Crippen molar-refractivity contribution in [2.75, 3.05) is 0 Å². The first kappa shape index (κ1) is 12.6. The van der Waals surface area contributed by atoms with E-state index in [9.17, 15) is 8.78 Å². The van der Waals surface area contributed by atoms with E-state index < -0.39 is 17.7 Å². The minimum absolute atomic E-state index is 0.178. The van der Waals surface area contributed by atoms with Crippen LogP contribution in [-0.4, -0.2) is 10.2 Å². The minimum Gasteiger partial charge on any atom is -0.424 e. The van der Waals surface area contributed by atoms with Crippen molar-refractivity contribution in [3.8, 4) is 0 Å². The Bertz CT molecular complexity index is 542. The van der Waals surface area contributed by atoms with E-state index in [1.165, 1.54) is 12.1 Å². The first-order valence-electron chi connectivity index (χ1n) is 5.62. The third kappa shape index (κ3) is 2.70. The van der Waals surface area contributed by atoms with Gasteiger partial charge in [0.2, 0.25) is 11.8 Å². The highest BCUT2D eigenvalue weighted by Gasteiger charge is 2.16. The predicted molar refractivity (Wildman–Crippen MR) is 60.7 cm³/mol. The normalized spacial score (nSPS) is 12.7. The highest BCUT2D eigenvalue weighted by Crippen LogP contribution is 2.18. The van der Waals surface area contributed by atoms with Crippen LogP contribution in [-0.2, 0) is 12.8 Å². The van der Waals surface area contributed by atoms with Crippen LogP contribution in [0.1, 0.15) is 30.3 Å². The molecule has 18 heavy (non-hydrogen) atoms. The summed E-state index contributed by atoms with van der Waals surface area (Å²) in [6.07, 6.45) is 0.794. The maximum absolute atomic E-state index is 13.4. The lowest BCUT2D eigenvalue weighted by atomic mass is 10.1. The number of nitrogens with two attached hydrogens (primary N) is 1. The molecule has 0 saturated heterocycles. The quantitative estimate of drug-likeness (QED) is 0.906. The first-order chi connectivity index (χ1) is 8.60. The Balaban J connectivity index is 2.13. The molecule has 96 valence electrons. The maximum atomic E-state index is 13.4. The Labute approximate surface area is 103 Å². The van der Waals surface area contributed by atoms with Crippen molar-refractivity contribution >= 4 is 0 Å². The van der Waals surface area contributed by atoms with Crippen molar-refractivity contribution in [1.82, 2.24) is 10.2 Å². The number of benzene rings is 1. The highest BCUT2D eigenvalue weighted by atomic mass is 19.1. The van der Waals surface area contributed by atoms with Gasteiger partial charge in [0.15, 0.2) is 0 Å². The van der Waals surface area contributed by atoms with E-state index in [0.29, 0.717) is 17.9 Å². The van der Waals surface area contributed by atoms with Crippen LogP contribution >= 0.6 is 0 Å². The van der Waals surface area contributed by atoms with Crippen LogP contribution in [0.25, 0.3) is 0 Å². The fourth-order valence-electron chi connectivity index (χ4n) is 1.57. The molecule has 0 fully saturated rings. The molecule has 1 unspecified atom stereocenters. The average molecular weight is 253 g/mol. The van der Waals surface area contributed by atoms with Crippen molar-refractivity contribution < 1.29 is 13.2 Å². The Kier molecular flexibility index (Phi) is 3.66. The first-order valence-corrected chi connectivity index (χ1v) is 5.62. The monoisotopic (exact) mass is 253 g/mol. The van der Waals surface area contributed by atoms with Gasteiger partial charge in [-0.25, -0.2) is 8.78 Å². The molecule has 1 aromatic heterocycles. The minimum atomic E-state index is -0.624. The summed E-state index contributed by atoms with van der Waals surface area (Å²) < 4.78 is 31.5. The Morgan fingerprint density at radius 3 is 2.72 bits per heavy atom. The van der Waals surface area contributed by atoms with Crippen molar-refractivity contribution in [3.05, 3.63) is 47.2 Å². The third-order valence-electron chi connectivity index (χ3n) is 2.56. The molecule has 1 atom stereocenters. The molecule has 0 radical (unpaired) electrons. The Morgan fingerprint density at radius 2 is 2.11 bits per heavy atom.